The number of carbonyl (C=O) groups excluding carboxylic acids is 1. The SMILES string of the molecule is CO/C=C1\CC(C(=O)OC)c2ccccc21. The highest BCUT2D eigenvalue weighted by Crippen LogP contribution is 2.41. The Morgan fingerprint density at radius 1 is 1.38 bits per heavy atom. The Morgan fingerprint density at radius 2 is 2.12 bits per heavy atom. The van der Waals surface area contributed by atoms with E-state index in [1.807, 2.05) is 24.3 Å². The van der Waals surface area contributed by atoms with Crippen molar-refractivity contribution >= 4 is 11.5 Å². The molecule has 1 atom stereocenters. The summed E-state index contributed by atoms with van der Waals surface area (Å²) in [7, 11) is 3.03. The molecule has 0 saturated heterocycles. The first-order valence-electron chi connectivity index (χ1n) is 5.17. The van der Waals surface area contributed by atoms with Crippen molar-refractivity contribution in [1.82, 2.24) is 0 Å². The molecule has 16 heavy (non-hydrogen) atoms. The highest BCUT2D eigenvalue weighted by atomic mass is 16.5. The molecule has 1 unspecified atom stereocenters. The fourth-order valence-corrected chi connectivity index (χ4v) is 2.14. The second-order valence-corrected chi connectivity index (χ2v) is 3.75. The van der Waals surface area contributed by atoms with Crippen molar-refractivity contribution in [1.29, 1.82) is 0 Å². The van der Waals surface area contributed by atoms with Crippen molar-refractivity contribution in [3.05, 3.63) is 41.7 Å². The van der Waals surface area contributed by atoms with Gasteiger partial charge in [0, 0.05) is 0 Å². The normalized spacial score (nSPS) is 20.6. The van der Waals surface area contributed by atoms with E-state index in [2.05, 4.69) is 0 Å². The van der Waals surface area contributed by atoms with Crippen LogP contribution in [-0.2, 0) is 14.3 Å². The van der Waals surface area contributed by atoms with Crippen LogP contribution in [0.15, 0.2) is 30.5 Å². The Hall–Kier alpha value is -1.77. The highest BCUT2D eigenvalue weighted by molar-refractivity contribution is 5.88. The number of methoxy groups -OCH3 is 2. The monoisotopic (exact) mass is 218 g/mol. The molecule has 1 aromatic rings. The maximum absolute atomic E-state index is 11.6. The van der Waals surface area contributed by atoms with Gasteiger partial charge in [-0.05, 0) is 23.1 Å². The van der Waals surface area contributed by atoms with E-state index in [9.17, 15) is 4.79 Å². The summed E-state index contributed by atoms with van der Waals surface area (Å²) in [5.41, 5.74) is 3.16. The number of allylic oxidation sites excluding steroid dienone is 1. The van der Waals surface area contributed by atoms with Crippen LogP contribution < -0.4 is 0 Å². The van der Waals surface area contributed by atoms with E-state index in [4.69, 9.17) is 9.47 Å². The topological polar surface area (TPSA) is 35.5 Å². The molecule has 0 heterocycles. The zero-order chi connectivity index (χ0) is 11.5. The molecule has 3 nitrogen and oxygen atoms in total. The fraction of sp³-hybridized carbons (Fsp3) is 0.308. The van der Waals surface area contributed by atoms with Gasteiger partial charge in [0.1, 0.15) is 0 Å². The summed E-state index contributed by atoms with van der Waals surface area (Å²) in [5, 5.41) is 0. The van der Waals surface area contributed by atoms with E-state index in [0.717, 1.165) is 16.7 Å². The van der Waals surface area contributed by atoms with Crippen LogP contribution in [0.2, 0.25) is 0 Å². The van der Waals surface area contributed by atoms with Gasteiger partial charge in [-0.25, -0.2) is 0 Å². The van der Waals surface area contributed by atoms with Crippen LogP contribution in [0, 0.1) is 0 Å². The largest absolute Gasteiger partial charge is 0.504 e. The predicted octanol–water partition coefficient (Wildman–Crippen LogP) is 2.33. The molecule has 0 bridgehead atoms. The Balaban J connectivity index is 2.43. The van der Waals surface area contributed by atoms with E-state index in [1.54, 1.807) is 13.4 Å². The smallest absolute Gasteiger partial charge is 0.313 e. The van der Waals surface area contributed by atoms with Gasteiger partial charge in [-0.1, -0.05) is 24.3 Å². The number of hydrogen-bond donors (Lipinski definition) is 0. The first-order chi connectivity index (χ1) is 7.77. The number of carbonyl (C=O) groups is 1. The van der Waals surface area contributed by atoms with Crippen molar-refractivity contribution in [3.8, 4) is 0 Å². The zero-order valence-corrected chi connectivity index (χ0v) is 9.40. The van der Waals surface area contributed by atoms with Crippen LogP contribution in [0.5, 0.6) is 0 Å². The summed E-state index contributed by atoms with van der Waals surface area (Å²) in [6, 6.07) is 7.86. The molecule has 0 amide bonds. The van der Waals surface area contributed by atoms with E-state index < -0.39 is 0 Å². The minimum Gasteiger partial charge on any atom is -0.504 e. The van der Waals surface area contributed by atoms with Gasteiger partial charge in [0.15, 0.2) is 0 Å². The summed E-state index contributed by atoms with van der Waals surface area (Å²) >= 11 is 0. The molecular formula is C13H14O3. The Morgan fingerprint density at radius 3 is 2.81 bits per heavy atom. The zero-order valence-electron chi connectivity index (χ0n) is 9.40. The highest BCUT2D eigenvalue weighted by Gasteiger charge is 2.32. The second-order valence-electron chi connectivity index (χ2n) is 3.75. The molecule has 3 heteroatoms. The van der Waals surface area contributed by atoms with E-state index in [-0.39, 0.29) is 11.9 Å². The molecule has 0 N–H and O–H groups in total. The lowest BCUT2D eigenvalue weighted by Crippen LogP contribution is -2.10. The molecule has 0 saturated carbocycles. The molecule has 1 aromatic carbocycles. The molecule has 0 radical (unpaired) electrons. The van der Waals surface area contributed by atoms with Gasteiger partial charge in [-0.15, -0.1) is 0 Å². The van der Waals surface area contributed by atoms with Crippen molar-refractivity contribution in [3.63, 3.8) is 0 Å². The summed E-state index contributed by atoms with van der Waals surface area (Å²) in [6.45, 7) is 0. The molecule has 1 aliphatic rings. The maximum Gasteiger partial charge on any atom is 0.313 e. The Labute approximate surface area is 94.7 Å². The van der Waals surface area contributed by atoms with Crippen LogP contribution in [0.3, 0.4) is 0 Å². The molecule has 1 aliphatic carbocycles. The Kier molecular flexibility index (Phi) is 2.95. The first kappa shape index (κ1) is 10.7. The van der Waals surface area contributed by atoms with Crippen LogP contribution in [-0.4, -0.2) is 20.2 Å². The number of ether oxygens (including phenoxy) is 2. The van der Waals surface area contributed by atoms with E-state index in [1.165, 1.54) is 7.11 Å². The maximum atomic E-state index is 11.6. The van der Waals surface area contributed by atoms with Gasteiger partial charge >= 0.3 is 5.97 Å². The van der Waals surface area contributed by atoms with Gasteiger partial charge in [0.05, 0.1) is 26.4 Å². The lowest BCUT2D eigenvalue weighted by atomic mass is 10.0. The number of benzene rings is 1. The van der Waals surface area contributed by atoms with Gasteiger partial charge < -0.3 is 9.47 Å². The lowest BCUT2D eigenvalue weighted by Gasteiger charge is -2.07. The summed E-state index contributed by atoms with van der Waals surface area (Å²) in [6.07, 6.45) is 2.35. The molecule has 2 rings (SSSR count). The predicted molar refractivity (Wildman–Crippen MR) is 60.8 cm³/mol. The van der Waals surface area contributed by atoms with Crippen LogP contribution >= 0.6 is 0 Å². The van der Waals surface area contributed by atoms with Gasteiger partial charge in [0.25, 0.3) is 0 Å². The number of rotatable bonds is 2. The van der Waals surface area contributed by atoms with Crippen molar-refractivity contribution in [2.75, 3.05) is 14.2 Å². The van der Waals surface area contributed by atoms with Crippen molar-refractivity contribution in [2.24, 2.45) is 0 Å². The van der Waals surface area contributed by atoms with E-state index in [0.29, 0.717) is 6.42 Å². The standard InChI is InChI=1S/C13H14O3/c1-15-8-9-7-12(13(14)16-2)11-6-4-3-5-10(9)11/h3-6,8,12H,7H2,1-2H3/b9-8+. The summed E-state index contributed by atoms with van der Waals surface area (Å²) in [4.78, 5) is 11.6. The molecule has 0 fully saturated rings. The second kappa shape index (κ2) is 4.39. The molecule has 84 valence electrons. The van der Waals surface area contributed by atoms with Gasteiger partial charge in [-0.2, -0.15) is 0 Å². The molecule has 0 spiro atoms. The number of hydrogen-bond acceptors (Lipinski definition) is 3. The van der Waals surface area contributed by atoms with Gasteiger partial charge in [0.2, 0.25) is 0 Å². The summed E-state index contributed by atoms with van der Waals surface area (Å²) in [5.74, 6) is -0.380. The Bertz CT molecular complexity index is 435. The molecular weight excluding hydrogens is 204 g/mol. The van der Waals surface area contributed by atoms with Crippen LogP contribution in [0.25, 0.3) is 5.57 Å². The molecule has 0 aliphatic heterocycles. The van der Waals surface area contributed by atoms with Crippen molar-refractivity contribution in [2.45, 2.75) is 12.3 Å². The van der Waals surface area contributed by atoms with Crippen molar-refractivity contribution < 1.29 is 14.3 Å². The average Bonchev–Trinajstić information content (AvgIpc) is 2.68. The van der Waals surface area contributed by atoms with Gasteiger partial charge in [-0.3, -0.25) is 4.79 Å². The lowest BCUT2D eigenvalue weighted by molar-refractivity contribution is -0.142. The van der Waals surface area contributed by atoms with E-state index >= 15 is 0 Å². The fourth-order valence-electron chi connectivity index (χ4n) is 2.14. The minimum absolute atomic E-state index is 0.188. The number of fused-ring (bicyclic) bond motifs is 1. The third kappa shape index (κ3) is 1.69. The first-order valence-corrected chi connectivity index (χ1v) is 5.17. The quantitative estimate of drug-likeness (QED) is 0.564. The third-order valence-electron chi connectivity index (χ3n) is 2.85. The average molecular weight is 218 g/mol. The molecule has 0 aromatic heterocycles. The summed E-state index contributed by atoms with van der Waals surface area (Å²) < 4.78 is 9.84. The minimum atomic E-state index is -0.192. The number of esters is 1. The van der Waals surface area contributed by atoms with Crippen LogP contribution in [0.4, 0.5) is 0 Å². The van der Waals surface area contributed by atoms with Crippen LogP contribution in [0.1, 0.15) is 23.5 Å². The third-order valence-corrected chi connectivity index (χ3v) is 2.85.